The zero-order chi connectivity index (χ0) is 16.2. The Hall–Kier alpha value is -1.69. The molecule has 0 spiro atoms. The van der Waals surface area contributed by atoms with Gasteiger partial charge in [-0.15, -0.1) is 11.8 Å². The van der Waals surface area contributed by atoms with Crippen LogP contribution in [-0.4, -0.2) is 36.6 Å². The van der Waals surface area contributed by atoms with Crippen LogP contribution in [0.15, 0.2) is 24.3 Å². The van der Waals surface area contributed by atoms with Crippen LogP contribution in [0, 0.1) is 0 Å². The number of hydrogen-bond acceptors (Lipinski definition) is 5. The molecule has 0 fully saturated rings. The molecule has 1 aromatic rings. The third-order valence-corrected chi connectivity index (χ3v) is 3.58. The number of thioether (sulfide) groups is 1. The molecule has 0 bridgehead atoms. The van der Waals surface area contributed by atoms with E-state index in [1.165, 1.54) is 11.8 Å². The Balaban J connectivity index is 2.30. The fraction of sp³-hybridized carbons (Fsp3) is 0.500. The van der Waals surface area contributed by atoms with Crippen molar-refractivity contribution in [3.05, 3.63) is 24.3 Å². The molecule has 0 heterocycles. The summed E-state index contributed by atoms with van der Waals surface area (Å²) in [5, 5.41) is 2.78. The number of nitrogens with one attached hydrogen (secondary N) is 1. The first-order valence-corrected chi connectivity index (χ1v) is 8.57. The largest absolute Gasteiger partial charge is 0.492 e. The standard InChI is InChI=1S/C16H23NO4S/c1-3-5-10-21-16(19)12-22-11-15(18)17-13-8-6-7-9-14(13)20-4-2/h6-9H,3-5,10-12H2,1-2H3,(H,17,18). The van der Waals surface area contributed by atoms with E-state index in [0.29, 0.717) is 24.7 Å². The van der Waals surface area contributed by atoms with Gasteiger partial charge in [-0.3, -0.25) is 9.59 Å². The van der Waals surface area contributed by atoms with Crippen molar-refractivity contribution in [2.75, 3.05) is 30.0 Å². The minimum Gasteiger partial charge on any atom is -0.492 e. The molecular weight excluding hydrogens is 302 g/mol. The number of benzene rings is 1. The molecule has 1 N–H and O–H groups in total. The molecule has 5 nitrogen and oxygen atoms in total. The van der Waals surface area contributed by atoms with Gasteiger partial charge in [-0.1, -0.05) is 25.5 Å². The second-order valence-corrected chi connectivity index (χ2v) is 5.53. The predicted octanol–water partition coefficient (Wildman–Crippen LogP) is 3.10. The number of rotatable bonds is 10. The van der Waals surface area contributed by atoms with Crippen LogP contribution in [0.5, 0.6) is 5.75 Å². The van der Waals surface area contributed by atoms with Crippen LogP contribution in [0.25, 0.3) is 0 Å². The Kier molecular flexibility index (Phi) is 9.14. The predicted molar refractivity (Wildman–Crippen MR) is 89.4 cm³/mol. The first-order chi connectivity index (χ1) is 10.7. The zero-order valence-electron chi connectivity index (χ0n) is 13.1. The molecule has 0 unspecified atom stereocenters. The van der Waals surface area contributed by atoms with Gasteiger partial charge in [0.25, 0.3) is 0 Å². The van der Waals surface area contributed by atoms with E-state index in [1.807, 2.05) is 26.0 Å². The highest BCUT2D eigenvalue weighted by molar-refractivity contribution is 8.00. The van der Waals surface area contributed by atoms with Gasteiger partial charge in [-0.05, 0) is 25.5 Å². The molecule has 0 saturated heterocycles. The van der Waals surface area contributed by atoms with E-state index in [2.05, 4.69) is 5.32 Å². The Morgan fingerprint density at radius 1 is 1.18 bits per heavy atom. The molecule has 0 aliphatic rings. The van der Waals surface area contributed by atoms with Gasteiger partial charge in [0.1, 0.15) is 5.75 Å². The van der Waals surface area contributed by atoms with Gasteiger partial charge in [-0.2, -0.15) is 0 Å². The summed E-state index contributed by atoms with van der Waals surface area (Å²) in [6, 6.07) is 7.27. The first-order valence-electron chi connectivity index (χ1n) is 7.42. The van der Waals surface area contributed by atoms with Crippen molar-refractivity contribution in [2.45, 2.75) is 26.7 Å². The topological polar surface area (TPSA) is 64.6 Å². The molecule has 122 valence electrons. The van der Waals surface area contributed by atoms with Crippen LogP contribution in [0.2, 0.25) is 0 Å². The van der Waals surface area contributed by atoms with E-state index in [-0.39, 0.29) is 23.4 Å². The van der Waals surface area contributed by atoms with Crippen LogP contribution in [0.4, 0.5) is 5.69 Å². The maximum atomic E-state index is 11.9. The lowest BCUT2D eigenvalue weighted by Gasteiger charge is -2.11. The lowest BCUT2D eigenvalue weighted by Crippen LogP contribution is -2.17. The summed E-state index contributed by atoms with van der Waals surface area (Å²) in [6.07, 6.45) is 1.85. The molecule has 0 aliphatic carbocycles. The number of esters is 1. The number of unbranched alkanes of at least 4 members (excludes halogenated alkanes) is 1. The van der Waals surface area contributed by atoms with Crippen molar-refractivity contribution in [1.29, 1.82) is 0 Å². The number of hydrogen-bond donors (Lipinski definition) is 1. The number of carbonyl (C=O) groups excluding carboxylic acids is 2. The third-order valence-electron chi connectivity index (χ3n) is 2.67. The fourth-order valence-electron chi connectivity index (χ4n) is 1.64. The average molecular weight is 325 g/mol. The number of para-hydroxylation sites is 2. The molecule has 6 heteroatoms. The summed E-state index contributed by atoms with van der Waals surface area (Å²) in [5.74, 6) is 0.579. The Bertz CT molecular complexity index is 479. The zero-order valence-corrected chi connectivity index (χ0v) is 13.9. The van der Waals surface area contributed by atoms with E-state index >= 15 is 0 Å². The molecule has 1 rings (SSSR count). The maximum absolute atomic E-state index is 11.9. The first kappa shape index (κ1) is 18.4. The quantitative estimate of drug-likeness (QED) is 0.529. The van der Waals surface area contributed by atoms with Gasteiger partial charge in [-0.25, -0.2) is 0 Å². The highest BCUT2D eigenvalue weighted by Gasteiger charge is 2.09. The molecule has 0 saturated carbocycles. The smallest absolute Gasteiger partial charge is 0.315 e. The van der Waals surface area contributed by atoms with Crippen molar-refractivity contribution >= 4 is 29.3 Å². The van der Waals surface area contributed by atoms with E-state index < -0.39 is 0 Å². The van der Waals surface area contributed by atoms with Gasteiger partial charge < -0.3 is 14.8 Å². The Labute approximate surface area is 135 Å². The summed E-state index contributed by atoms with van der Waals surface area (Å²) in [4.78, 5) is 23.3. The van der Waals surface area contributed by atoms with Crippen molar-refractivity contribution in [1.82, 2.24) is 0 Å². The van der Waals surface area contributed by atoms with E-state index in [1.54, 1.807) is 12.1 Å². The minimum absolute atomic E-state index is 0.168. The number of carbonyl (C=O) groups is 2. The van der Waals surface area contributed by atoms with Gasteiger partial charge in [0.05, 0.1) is 30.4 Å². The maximum Gasteiger partial charge on any atom is 0.315 e. The fourth-order valence-corrected chi connectivity index (χ4v) is 2.25. The second kappa shape index (κ2) is 11.0. The third kappa shape index (κ3) is 7.36. The molecule has 0 radical (unpaired) electrons. The Morgan fingerprint density at radius 3 is 2.68 bits per heavy atom. The second-order valence-electron chi connectivity index (χ2n) is 4.54. The van der Waals surface area contributed by atoms with E-state index in [4.69, 9.17) is 9.47 Å². The molecule has 0 aromatic heterocycles. The molecular formula is C16H23NO4S. The SMILES string of the molecule is CCCCOC(=O)CSCC(=O)Nc1ccccc1OCC. The molecule has 0 atom stereocenters. The lowest BCUT2D eigenvalue weighted by molar-refractivity contribution is -0.140. The van der Waals surface area contributed by atoms with Crippen LogP contribution < -0.4 is 10.1 Å². The highest BCUT2D eigenvalue weighted by atomic mass is 32.2. The van der Waals surface area contributed by atoms with Crippen LogP contribution in [0.1, 0.15) is 26.7 Å². The van der Waals surface area contributed by atoms with Crippen molar-refractivity contribution in [2.24, 2.45) is 0 Å². The van der Waals surface area contributed by atoms with Gasteiger partial charge >= 0.3 is 5.97 Å². The summed E-state index contributed by atoms with van der Waals surface area (Å²) in [7, 11) is 0. The van der Waals surface area contributed by atoms with Crippen molar-refractivity contribution in [3.63, 3.8) is 0 Å². The summed E-state index contributed by atoms with van der Waals surface area (Å²) < 4.78 is 10.5. The monoisotopic (exact) mass is 325 g/mol. The summed E-state index contributed by atoms with van der Waals surface area (Å²) in [6.45, 7) is 4.90. The number of amides is 1. The van der Waals surface area contributed by atoms with Gasteiger partial charge in [0, 0.05) is 0 Å². The number of ether oxygens (including phenoxy) is 2. The normalized spacial score (nSPS) is 10.1. The van der Waals surface area contributed by atoms with Crippen LogP contribution in [0.3, 0.4) is 0 Å². The molecule has 1 amide bonds. The summed E-state index contributed by atoms with van der Waals surface area (Å²) in [5.41, 5.74) is 0.639. The highest BCUT2D eigenvalue weighted by Crippen LogP contribution is 2.23. The van der Waals surface area contributed by atoms with E-state index in [9.17, 15) is 9.59 Å². The van der Waals surface area contributed by atoms with Crippen LogP contribution >= 0.6 is 11.8 Å². The average Bonchev–Trinajstić information content (AvgIpc) is 2.50. The van der Waals surface area contributed by atoms with Crippen molar-refractivity contribution in [3.8, 4) is 5.75 Å². The van der Waals surface area contributed by atoms with Gasteiger partial charge in [0.2, 0.25) is 5.91 Å². The lowest BCUT2D eigenvalue weighted by atomic mass is 10.3. The van der Waals surface area contributed by atoms with E-state index in [0.717, 1.165) is 12.8 Å². The van der Waals surface area contributed by atoms with Gasteiger partial charge in [0.15, 0.2) is 0 Å². The molecule has 0 aliphatic heterocycles. The molecule has 22 heavy (non-hydrogen) atoms. The van der Waals surface area contributed by atoms with Crippen molar-refractivity contribution < 1.29 is 19.1 Å². The molecule has 1 aromatic carbocycles. The van der Waals surface area contributed by atoms with Crippen LogP contribution in [-0.2, 0) is 14.3 Å². The Morgan fingerprint density at radius 2 is 1.95 bits per heavy atom. The summed E-state index contributed by atoms with van der Waals surface area (Å²) >= 11 is 1.24. The number of anilines is 1. The minimum atomic E-state index is -0.277.